The van der Waals surface area contributed by atoms with Gasteiger partial charge in [0.2, 0.25) is 5.91 Å². The summed E-state index contributed by atoms with van der Waals surface area (Å²) in [5, 5.41) is 0. The van der Waals surface area contributed by atoms with E-state index < -0.39 is 8.07 Å². The predicted octanol–water partition coefficient (Wildman–Crippen LogP) is 1.98. The van der Waals surface area contributed by atoms with Gasteiger partial charge in [0.25, 0.3) is 0 Å². The number of ether oxygens (including phenoxy) is 1. The zero-order valence-electron chi connectivity index (χ0n) is 15.3. The summed E-state index contributed by atoms with van der Waals surface area (Å²) in [6.45, 7) is 8.51. The molecule has 1 aliphatic rings. The van der Waals surface area contributed by atoms with Crippen LogP contribution in [0.4, 0.5) is 4.79 Å². The fraction of sp³-hybridized carbons (Fsp3) is 0.875. The number of likely N-dealkylation sites (tertiary alicyclic amines) is 1. The number of rotatable bonds is 7. The Bertz CT molecular complexity index is 412. The van der Waals surface area contributed by atoms with Crippen LogP contribution in [-0.4, -0.2) is 69.7 Å². The van der Waals surface area contributed by atoms with E-state index >= 15 is 0 Å². The highest BCUT2D eigenvalue weighted by molar-refractivity contribution is 6.76. The fourth-order valence-electron chi connectivity index (χ4n) is 2.77. The number of hydrogen-bond acceptors (Lipinski definition) is 4. The standard InChI is InChI=1S/C16H33N3O3Si/c1-18-11-13(6-7-15(18)20)10-14(17)12-19(2)16(21)22-8-9-23(3,4)5/h13-14H,6-12,17H2,1-5H3/t13-,14-/m0/s1. The molecule has 0 unspecified atom stereocenters. The maximum absolute atomic E-state index is 12.0. The van der Waals surface area contributed by atoms with Gasteiger partial charge in [0, 0.05) is 47.7 Å². The van der Waals surface area contributed by atoms with E-state index in [2.05, 4.69) is 19.6 Å². The molecule has 1 rings (SSSR count). The zero-order chi connectivity index (χ0) is 17.6. The second-order valence-electron chi connectivity index (χ2n) is 7.98. The highest BCUT2D eigenvalue weighted by atomic mass is 28.3. The van der Waals surface area contributed by atoms with Crippen LogP contribution in [0.15, 0.2) is 0 Å². The number of likely N-dealkylation sites (N-methyl/N-ethyl adjacent to an activating group) is 1. The van der Waals surface area contributed by atoms with Crippen molar-refractivity contribution in [2.24, 2.45) is 11.7 Å². The molecule has 0 aliphatic carbocycles. The van der Waals surface area contributed by atoms with E-state index in [1.165, 1.54) is 0 Å². The van der Waals surface area contributed by atoms with E-state index in [-0.39, 0.29) is 18.0 Å². The summed E-state index contributed by atoms with van der Waals surface area (Å²) in [6, 6.07) is 0.886. The Labute approximate surface area is 141 Å². The average Bonchev–Trinajstić information content (AvgIpc) is 2.41. The topological polar surface area (TPSA) is 75.9 Å². The predicted molar refractivity (Wildman–Crippen MR) is 95.1 cm³/mol. The molecule has 0 radical (unpaired) electrons. The molecule has 1 fully saturated rings. The van der Waals surface area contributed by atoms with Crippen molar-refractivity contribution >= 4 is 20.1 Å². The van der Waals surface area contributed by atoms with Crippen molar-refractivity contribution in [2.45, 2.75) is 51.0 Å². The van der Waals surface area contributed by atoms with Gasteiger partial charge in [0.05, 0.1) is 6.61 Å². The summed E-state index contributed by atoms with van der Waals surface area (Å²) in [5.74, 6) is 0.627. The Morgan fingerprint density at radius 3 is 2.70 bits per heavy atom. The van der Waals surface area contributed by atoms with Gasteiger partial charge in [-0.2, -0.15) is 0 Å². The minimum Gasteiger partial charge on any atom is -0.450 e. The smallest absolute Gasteiger partial charge is 0.409 e. The summed E-state index contributed by atoms with van der Waals surface area (Å²) in [5.41, 5.74) is 6.18. The van der Waals surface area contributed by atoms with Crippen LogP contribution in [0.5, 0.6) is 0 Å². The van der Waals surface area contributed by atoms with Crippen LogP contribution >= 0.6 is 0 Å². The third kappa shape index (κ3) is 7.83. The molecule has 0 saturated carbocycles. The maximum Gasteiger partial charge on any atom is 0.409 e. The third-order valence-corrected chi connectivity index (χ3v) is 5.96. The summed E-state index contributed by atoms with van der Waals surface area (Å²) in [4.78, 5) is 26.8. The van der Waals surface area contributed by atoms with Crippen LogP contribution < -0.4 is 5.73 Å². The minimum atomic E-state index is -1.19. The van der Waals surface area contributed by atoms with E-state index in [0.29, 0.717) is 25.5 Å². The van der Waals surface area contributed by atoms with Gasteiger partial charge in [-0.25, -0.2) is 4.79 Å². The fourth-order valence-corrected chi connectivity index (χ4v) is 3.49. The molecule has 23 heavy (non-hydrogen) atoms. The number of carbonyl (C=O) groups excluding carboxylic acids is 2. The molecule has 2 atom stereocenters. The van der Waals surface area contributed by atoms with Crippen LogP contribution in [-0.2, 0) is 9.53 Å². The Balaban J connectivity index is 2.28. The van der Waals surface area contributed by atoms with Crippen molar-refractivity contribution in [1.82, 2.24) is 9.80 Å². The first-order valence-corrected chi connectivity index (χ1v) is 12.2. The first kappa shape index (κ1) is 20.0. The lowest BCUT2D eigenvalue weighted by Gasteiger charge is -2.32. The number of amides is 2. The van der Waals surface area contributed by atoms with Crippen molar-refractivity contribution in [3.63, 3.8) is 0 Å². The largest absolute Gasteiger partial charge is 0.450 e. The van der Waals surface area contributed by atoms with Gasteiger partial charge in [-0.3, -0.25) is 4.79 Å². The SMILES string of the molecule is CN1C[C@H](C[C@H](N)CN(C)C(=O)OCC[Si](C)(C)C)CCC1=O. The number of carbonyl (C=O) groups is 2. The number of piperidine rings is 1. The Kier molecular flexibility index (Phi) is 7.53. The number of hydrogen-bond donors (Lipinski definition) is 1. The first-order valence-electron chi connectivity index (χ1n) is 8.46. The molecule has 1 heterocycles. The third-order valence-electron chi connectivity index (χ3n) is 4.26. The molecule has 134 valence electrons. The van der Waals surface area contributed by atoms with E-state index in [9.17, 15) is 9.59 Å². The molecule has 2 amide bonds. The van der Waals surface area contributed by atoms with Crippen LogP contribution in [0.25, 0.3) is 0 Å². The van der Waals surface area contributed by atoms with Gasteiger partial charge in [0.15, 0.2) is 0 Å². The molecule has 0 aromatic heterocycles. The van der Waals surface area contributed by atoms with Gasteiger partial charge >= 0.3 is 6.09 Å². The summed E-state index contributed by atoms with van der Waals surface area (Å²) in [6.07, 6.45) is 2.02. The maximum atomic E-state index is 12.0. The van der Waals surface area contributed by atoms with Gasteiger partial charge < -0.3 is 20.3 Å². The molecule has 6 nitrogen and oxygen atoms in total. The van der Waals surface area contributed by atoms with Crippen molar-refractivity contribution in [3.05, 3.63) is 0 Å². The van der Waals surface area contributed by atoms with E-state index in [0.717, 1.165) is 25.4 Å². The van der Waals surface area contributed by atoms with Crippen LogP contribution in [0.2, 0.25) is 25.7 Å². The Hall–Kier alpha value is -1.08. The van der Waals surface area contributed by atoms with Crippen LogP contribution in [0.3, 0.4) is 0 Å². The van der Waals surface area contributed by atoms with Crippen molar-refractivity contribution in [2.75, 3.05) is 33.8 Å². The van der Waals surface area contributed by atoms with E-state index in [1.54, 1.807) is 16.8 Å². The van der Waals surface area contributed by atoms with Crippen LogP contribution in [0, 0.1) is 5.92 Å². The normalized spacial score (nSPS) is 20.3. The van der Waals surface area contributed by atoms with Gasteiger partial charge in [0.1, 0.15) is 0 Å². The molecule has 0 spiro atoms. The molecule has 0 aromatic rings. The summed E-state index contributed by atoms with van der Waals surface area (Å²) in [7, 11) is 2.38. The van der Waals surface area contributed by atoms with Crippen LogP contribution in [0.1, 0.15) is 19.3 Å². The molecule has 7 heteroatoms. The molecular formula is C16H33N3O3Si. The lowest BCUT2D eigenvalue weighted by atomic mass is 9.91. The molecule has 1 aliphatic heterocycles. The molecule has 2 N–H and O–H groups in total. The zero-order valence-corrected chi connectivity index (χ0v) is 16.3. The highest BCUT2D eigenvalue weighted by Gasteiger charge is 2.25. The average molecular weight is 344 g/mol. The van der Waals surface area contributed by atoms with Gasteiger partial charge in [-0.15, -0.1) is 0 Å². The summed E-state index contributed by atoms with van der Waals surface area (Å²) >= 11 is 0. The molecule has 1 saturated heterocycles. The van der Waals surface area contributed by atoms with E-state index in [1.807, 2.05) is 7.05 Å². The lowest BCUT2D eigenvalue weighted by Crippen LogP contribution is -2.43. The first-order chi connectivity index (χ1) is 10.6. The minimum absolute atomic E-state index is 0.0869. The highest BCUT2D eigenvalue weighted by Crippen LogP contribution is 2.20. The lowest BCUT2D eigenvalue weighted by molar-refractivity contribution is -0.133. The summed E-state index contributed by atoms with van der Waals surface area (Å²) < 4.78 is 5.32. The second kappa shape index (κ2) is 8.68. The molecule has 0 bridgehead atoms. The van der Waals surface area contributed by atoms with Gasteiger partial charge in [-0.05, 0) is 24.8 Å². The quantitative estimate of drug-likeness (QED) is 0.717. The number of nitrogens with two attached hydrogens (primary N) is 1. The van der Waals surface area contributed by atoms with Crippen molar-refractivity contribution in [3.8, 4) is 0 Å². The molecular weight excluding hydrogens is 310 g/mol. The molecule has 0 aromatic carbocycles. The van der Waals surface area contributed by atoms with E-state index in [4.69, 9.17) is 10.5 Å². The van der Waals surface area contributed by atoms with Crippen molar-refractivity contribution < 1.29 is 14.3 Å². The second-order valence-corrected chi connectivity index (χ2v) is 13.6. The monoisotopic (exact) mass is 343 g/mol. The number of nitrogens with zero attached hydrogens (tertiary/aromatic N) is 2. The van der Waals surface area contributed by atoms with Gasteiger partial charge in [-0.1, -0.05) is 19.6 Å². The Morgan fingerprint density at radius 2 is 2.13 bits per heavy atom. The van der Waals surface area contributed by atoms with Crippen molar-refractivity contribution in [1.29, 1.82) is 0 Å². The Morgan fingerprint density at radius 1 is 1.48 bits per heavy atom.